The minimum atomic E-state index is 0.321. The van der Waals surface area contributed by atoms with E-state index < -0.39 is 0 Å². The summed E-state index contributed by atoms with van der Waals surface area (Å²) in [4.78, 5) is 0. The summed E-state index contributed by atoms with van der Waals surface area (Å²) in [6, 6.07) is 0. The lowest BCUT2D eigenvalue weighted by Gasteiger charge is -2.19. The van der Waals surface area contributed by atoms with Gasteiger partial charge in [0.2, 0.25) is 0 Å². The van der Waals surface area contributed by atoms with Crippen LogP contribution in [0.3, 0.4) is 0 Å². The number of hydrogen-bond donors (Lipinski definition) is 3. The van der Waals surface area contributed by atoms with Crippen molar-refractivity contribution in [2.24, 2.45) is 0 Å². The molecule has 2 rings (SSSR count). The molecule has 2 aliphatic rings. The molecule has 0 amide bonds. The monoisotopic (exact) mass is 177 g/mol. The molecule has 1 unspecified atom stereocenters. The number of hydrogen-bond acceptors (Lipinski definition) is 6. The standard InChI is InChI=1S/C4H9N4S2/c1-5-2-10-8(1)4-6-3-9-7-4/h2,4-7H,1,3H2. The second kappa shape index (κ2) is 3.29. The summed E-state index contributed by atoms with van der Waals surface area (Å²) in [6.45, 7) is 0.913. The van der Waals surface area contributed by atoms with Crippen molar-refractivity contribution in [2.75, 3.05) is 12.5 Å². The Morgan fingerprint density at radius 3 is 3.20 bits per heavy atom. The van der Waals surface area contributed by atoms with Gasteiger partial charge in [-0.05, 0) is 0 Å². The van der Waals surface area contributed by atoms with Crippen molar-refractivity contribution in [3.63, 3.8) is 0 Å². The molecule has 4 nitrogen and oxygen atoms in total. The van der Waals surface area contributed by atoms with E-state index in [-0.39, 0.29) is 0 Å². The number of nitrogens with zero attached hydrogens (tertiary/aromatic N) is 1. The predicted octanol–water partition coefficient (Wildman–Crippen LogP) is -0.301. The Morgan fingerprint density at radius 1 is 1.60 bits per heavy atom. The van der Waals surface area contributed by atoms with Crippen molar-refractivity contribution in [3.8, 4) is 0 Å². The molecule has 0 aromatic heterocycles. The van der Waals surface area contributed by atoms with Gasteiger partial charge in [0.15, 0.2) is 0 Å². The summed E-state index contributed by atoms with van der Waals surface area (Å²) in [6.07, 6.45) is 0.321. The molecule has 2 saturated heterocycles. The van der Waals surface area contributed by atoms with E-state index in [9.17, 15) is 0 Å². The first-order valence-corrected chi connectivity index (χ1v) is 4.88. The Labute approximate surface area is 68.7 Å². The van der Waals surface area contributed by atoms with E-state index in [1.54, 1.807) is 23.9 Å². The van der Waals surface area contributed by atoms with Gasteiger partial charge in [-0.2, -0.15) is 0 Å². The minimum Gasteiger partial charge on any atom is -0.289 e. The van der Waals surface area contributed by atoms with Gasteiger partial charge in [-0.3, -0.25) is 10.6 Å². The van der Waals surface area contributed by atoms with E-state index in [0.29, 0.717) is 6.29 Å². The maximum Gasteiger partial charge on any atom is 0.134 e. The fraction of sp³-hybridized carbons (Fsp3) is 0.750. The van der Waals surface area contributed by atoms with Crippen LogP contribution in [0.1, 0.15) is 0 Å². The molecular weight excluding hydrogens is 168 g/mol. The molecule has 1 atom stereocenters. The average molecular weight is 177 g/mol. The highest BCUT2D eigenvalue weighted by atomic mass is 32.2. The van der Waals surface area contributed by atoms with Crippen LogP contribution in [-0.4, -0.2) is 23.1 Å². The van der Waals surface area contributed by atoms with Crippen molar-refractivity contribution in [1.82, 2.24) is 19.7 Å². The first-order valence-electron chi connectivity index (χ1n) is 3.06. The van der Waals surface area contributed by atoms with Crippen LogP contribution in [0.4, 0.5) is 0 Å². The SMILES string of the molecule is [CH]1NCN(C2NCSN2)S1. The molecule has 2 heterocycles. The molecule has 6 heteroatoms. The van der Waals surface area contributed by atoms with Gasteiger partial charge >= 0.3 is 0 Å². The van der Waals surface area contributed by atoms with Crippen molar-refractivity contribution in [3.05, 3.63) is 5.88 Å². The summed E-state index contributed by atoms with van der Waals surface area (Å²) >= 11 is 3.41. The maximum atomic E-state index is 3.30. The van der Waals surface area contributed by atoms with E-state index in [2.05, 4.69) is 19.7 Å². The molecular formula is C4H9N4S2. The van der Waals surface area contributed by atoms with Crippen LogP contribution in [0.15, 0.2) is 0 Å². The van der Waals surface area contributed by atoms with Gasteiger partial charge in [-0.15, -0.1) is 0 Å². The highest BCUT2D eigenvalue weighted by Crippen LogP contribution is 2.20. The quantitative estimate of drug-likeness (QED) is 0.478. The van der Waals surface area contributed by atoms with Gasteiger partial charge in [-0.25, -0.2) is 9.03 Å². The Balaban J connectivity index is 1.85. The zero-order chi connectivity index (χ0) is 6.81. The third kappa shape index (κ3) is 1.41. The van der Waals surface area contributed by atoms with Gasteiger partial charge in [0.1, 0.15) is 6.29 Å². The van der Waals surface area contributed by atoms with Crippen molar-refractivity contribution in [2.45, 2.75) is 6.29 Å². The lowest BCUT2D eigenvalue weighted by molar-refractivity contribution is 0.316. The van der Waals surface area contributed by atoms with Crippen LogP contribution >= 0.6 is 23.9 Å². The van der Waals surface area contributed by atoms with Crippen molar-refractivity contribution in [1.29, 1.82) is 0 Å². The Kier molecular flexibility index (Phi) is 2.37. The first-order chi connectivity index (χ1) is 4.97. The summed E-state index contributed by atoms with van der Waals surface area (Å²) in [5.41, 5.74) is 0. The van der Waals surface area contributed by atoms with Gasteiger partial charge < -0.3 is 0 Å². The fourth-order valence-corrected chi connectivity index (χ4v) is 2.31. The highest BCUT2D eigenvalue weighted by molar-refractivity contribution is 7.99. The fourth-order valence-electron chi connectivity index (χ4n) is 0.865. The Morgan fingerprint density at radius 2 is 2.60 bits per heavy atom. The van der Waals surface area contributed by atoms with Crippen LogP contribution in [0.25, 0.3) is 0 Å². The molecule has 2 fully saturated rings. The lowest BCUT2D eigenvalue weighted by atomic mass is 10.8. The zero-order valence-corrected chi connectivity index (χ0v) is 6.97. The average Bonchev–Trinajstić information content (AvgIpc) is 2.59. The second-order valence-corrected chi connectivity index (χ2v) is 3.74. The highest BCUT2D eigenvalue weighted by Gasteiger charge is 2.24. The second-order valence-electron chi connectivity index (χ2n) is 2.02. The predicted molar refractivity (Wildman–Crippen MR) is 44.3 cm³/mol. The minimum absolute atomic E-state index is 0.321. The Hall–Kier alpha value is 0.540. The van der Waals surface area contributed by atoms with Crippen LogP contribution in [0, 0.1) is 5.88 Å². The number of nitrogens with one attached hydrogen (secondary N) is 3. The molecule has 0 saturated carbocycles. The molecule has 0 aromatic carbocycles. The van der Waals surface area contributed by atoms with Crippen molar-refractivity contribution < 1.29 is 0 Å². The summed E-state index contributed by atoms with van der Waals surface area (Å²) < 4.78 is 5.46. The molecule has 1 radical (unpaired) electrons. The third-order valence-electron chi connectivity index (χ3n) is 1.35. The normalized spacial score (nSPS) is 35.4. The lowest BCUT2D eigenvalue weighted by Crippen LogP contribution is -2.43. The van der Waals surface area contributed by atoms with Gasteiger partial charge in [-0.1, -0.05) is 23.9 Å². The van der Waals surface area contributed by atoms with Gasteiger partial charge in [0.25, 0.3) is 0 Å². The van der Waals surface area contributed by atoms with E-state index in [0.717, 1.165) is 12.5 Å². The Bertz CT molecular complexity index is 95.8. The molecule has 0 aromatic rings. The van der Waals surface area contributed by atoms with Crippen LogP contribution < -0.4 is 15.4 Å². The van der Waals surface area contributed by atoms with Crippen molar-refractivity contribution >= 4 is 23.9 Å². The van der Waals surface area contributed by atoms with E-state index >= 15 is 0 Å². The first kappa shape index (κ1) is 7.20. The molecule has 57 valence electrons. The summed E-state index contributed by atoms with van der Waals surface area (Å²) in [5, 5.41) is 6.42. The molecule has 2 aliphatic heterocycles. The van der Waals surface area contributed by atoms with E-state index in [1.807, 2.05) is 5.88 Å². The largest absolute Gasteiger partial charge is 0.289 e. The maximum absolute atomic E-state index is 3.30. The third-order valence-corrected chi connectivity index (χ3v) is 2.93. The van der Waals surface area contributed by atoms with Crippen LogP contribution in [-0.2, 0) is 0 Å². The van der Waals surface area contributed by atoms with E-state index in [1.165, 1.54) is 0 Å². The summed E-state index contributed by atoms with van der Waals surface area (Å²) in [7, 11) is 0. The van der Waals surface area contributed by atoms with Gasteiger partial charge in [0, 0.05) is 0 Å². The van der Waals surface area contributed by atoms with Crippen LogP contribution in [0.5, 0.6) is 0 Å². The molecule has 0 aliphatic carbocycles. The van der Waals surface area contributed by atoms with Crippen LogP contribution in [0.2, 0.25) is 0 Å². The molecule has 3 N–H and O–H groups in total. The smallest absolute Gasteiger partial charge is 0.134 e. The zero-order valence-electron chi connectivity index (χ0n) is 5.33. The molecule has 0 spiro atoms. The van der Waals surface area contributed by atoms with E-state index in [4.69, 9.17) is 0 Å². The molecule has 10 heavy (non-hydrogen) atoms. The number of rotatable bonds is 1. The van der Waals surface area contributed by atoms with Gasteiger partial charge in [0.05, 0.1) is 18.4 Å². The molecule has 0 bridgehead atoms. The summed E-state index contributed by atoms with van der Waals surface area (Å²) in [5.74, 6) is 2.98. The topological polar surface area (TPSA) is 39.3 Å².